The van der Waals surface area contributed by atoms with Crippen LogP contribution in [0.2, 0.25) is 0 Å². The van der Waals surface area contributed by atoms with Gasteiger partial charge in [0.25, 0.3) is 5.91 Å². The number of nitrogens with zero attached hydrogens (tertiary/aromatic N) is 2. The van der Waals surface area contributed by atoms with Gasteiger partial charge >= 0.3 is 0 Å². The Hall–Kier alpha value is -1.88. The fourth-order valence-corrected chi connectivity index (χ4v) is 2.90. The number of H-pyrrole nitrogens is 1. The lowest BCUT2D eigenvalue weighted by Crippen LogP contribution is -2.34. The molecule has 1 saturated heterocycles. The Morgan fingerprint density at radius 1 is 1.58 bits per heavy atom. The summed E-state index contributed by atoms with van der Waals surface area (Å²) in [6.07, 6.45) is 2.73. The van der Waals surface area contributed by atoms with Gasteiger partial charge in [0.05, 0.1) is 17.3 Å². The molecular formula is C14H18N4O. The number of likely N-dealkylation sites (tertiary alicyclic amines) is 1. The first-order valence-corrected chi connectivity index (χ1v) is 6.64. The topological polar surface area (TPSA) is 75.0 Å². The second kappa shape index (κ2) is 4.66. The molecule has 3 N–H and O–H groups in total. The number of nitrogens with one attached hydrogen (secondary N) is 1. The summed E-state index contributed by atoms with van der Waals surface area (Å²) in [6, 6.07) is 5.95. The molecule has 5 nitrogen and oxygen atoms in total. The van der Waals surface area contributed by atoms with E-state index in [1.54, 1.807) is 6.20 Å². The van der Waals surface area contributed by atoms with Crippen LogP contribution in [-0.2, 0) is 0 Å². The van der Waals surface area contributed by atoms with Crippen LogP contribution in [0.15, 0.2) is 24.4 Å². The van der Waals surface area contributed by atoms with E-state index in [0.717, 1.165) is 23.9 Å². The van der Waals surface area contributed by atoms with Crippen molar-refractivity contribution in [1.82, 2.24) is 15.1 Å². The number of para-hydroxylation sites is 1. The number of rotatable bonds is 2. The van der Waals surface area contributed by atoms with Crippen molar-refractivity contribution in [3.8, 4) is 0 Å². The summed E-state index contributed by atoms with van der Waals surface area (Å²) in [5.74, 6) is 0.484. The molecule has 1 amide bonds. The Morgan fingerprint density at radius 2 is 2.42 bits per heavy atom. The van der Waals surface area contributed by atoms with Gasteiger partial charge in [0, 0.05) is 18.0 Å². The summed E-state index contributed by atoms with van der Waals surface area (Å²) in [4.78, 5) is 14.6. The molecule has 0 bridgehead atoms. The van der Waals surface area contributed by atoms with Gasteiger partial charge in [-0.25, -0.2) is 0 Å². The number of hydrogen-bond donors (Lipinski definition) is 2. The number of amides is 1. The lowest BCUT2D eigenvalue weighted by atomic mass is 10.1. The highest BCUT2D eigenvalue weighted by Crippen LogP contribution is 2.26. The fourth-order valence-electron chi connectivity index (χ4n) is 2.90. The van der Waals surface area contributed by atoms with Gasteiger partial charge in [-0.2, -0.15) is 5.10 Å². The average Bonchev–Trinajstić information content (AvgIpc) is 3.03. The summed E-state index contributed by atoms with van der Waals surface area (Å²) < 4.78 is 0. The second-order valence-electron chi connectivity index (χ2n) is 5.28. The van der Waals surface area contributed by atoms with E-state index in [4.69, 9.17) is 5.73 Å². The predicted octanol–water partition coefficient (Wildman–Crippen LogP) is 1.37. The maximum Gasteiger partial charge on any atom is 0.256 e. The minimum absolute atomic E-state index is 0.0679. The Morgan fingerprint density at radius 3 is 3.16 bits per heavy atom. The van der Waals surface area contributed by atoms with Crippen LogP contribution in [0.1, 0.15) is 23.7 Å². The quantitative estimate of drug-likeness (QED) is 0.854. The zero-order valence-corrected chi connectivity index (χ0v) is 11.0. The Bertz CT molecular complexity index is 606. The van der Waals surface area contributed by atoms with Crippen molar-refractivity contribution in [2.75, 3.05) is 13.1 Å². The van der Waals surface area contributed by atoms with Crippen LogP contribution in [0, 0.1) is 5.92 Å². The summed E-state index contributed by atoms with van der Waals surface area (Å²) in [7, 11) is 0. The van der Waals surface area contributed by atoms with Crippen molar-refractivity contribution in [3.05, 3.63) is 30.0 Å². The van der Waals surface area contributed by atoms with Crippen LogP contribution in [0.5, 0.6) is 0 Å². The number of carbonyl (C=O) groups excluding carboxylic acids is 1. The molecule has 1 aromatic carbocycles. The molecule has 0 unspecified atom stereocenters. The summed E-state index contributed by atoms with van der Waals surface area (Å²) in [5.41, 5.74) is 7.23. The first-order valence-electron chi connectivity index (χ1n) is 6.64. The number of aromatic nitrogens is 2. The predicted molar refractivity (Wildman–Crippen MR) is 73.8 cm³/mol. The molecule has 2 heterocycles. The molecule has 0 saturated carbocycles. The maximum absolute atomic E-state index is 12.7. The van der Waals surface area contributed by atoms with E-state index in [2.05, 4.69) is 17.1 Å². The molecule has 5 heteroatoms. The Balaban J connectivity index is 1.94. The van der Waals surface area contributed by atoms with Gasteiger partial charge in [-0.3, -0.25) is 9.89 Å². The fraction of sp³-hybridized carbons (Fsp3) is 0.429. The number of fused-ring (bicyclic) bond motifs is 1. The molecule has 19 heavy (non-hydrogen) atoms. The van der Waals surface area contributed by atoms with E-state index < -0.39 is 0 Å². The molecule has 0 aliphatic carbocycles. The molecule has 0 radical (unpaired) electrons. The second-order valence-corrected chi connectivity index (χ2v) is 5.28. The third-order valence-corrected chi connectivity index (χ3v) is 3.96. The smallest absolute Gasteiger partial charge is 0.256 e. The van der Waals surface area contributed by atoms with E-state index in [-0.39, 0.29) is 11.9 Å². The lowest BCUT2D eigenvalue weighted by molar-refractivity contribution is 0.0745. The van der Waals surface area contributed by atoms with Crippen LogP contribution >= 0.6 is 0 Å². The zero-order chi connectivity index (χ0) is 13.4. The largest absolute Gasteiger partial charge is 0.336 e. The standard InChI is InChI=1S/C14H18N4O/c1-9-5-10(6-15)8-18(9)14(19)12-4-2-3-11-7-16-17-13(11)12/h2-4,7,9-10H,5-6,8,15H2,1H3,(H,16,17)/t9-,10+/m0/s1. The van der Waals surface area contributed by atoms with Gasteiger partial charge in [-0.1, -0.05) is 12.1 Å². The molecule has 1 aromatic heterocycles. The van der Waals surface area contributed by atoms with Crippen LogP contribution in [-0.4, -0.2) is 40.1 Å². The van der Waals surface area contributed by atoms with E-state index in [1.807, 2.05) is 23.1 Å². The van der Waals surface area contributed by atoms with E-state index in [9.17, 15) is 4.79 Å². The third kappa shape index (κ3) is 2.00. The van der Waals surface area contributed by atoms with Crippen LogP contribution < -0.4 is 5.73 Å². The minimum atomic E-state index is 0.0679. The monoisotopic (exact) mass is 258 g/mol. The van der Waals surface area contributed by atoms with Gasteiger partial charge in [-0.05, 0) is 31.9 Å². The van der Waals surface area contributed by atoms with E-state index in [1.165, 1.54) is 0 Å². The van der Waals surface area contributed by atoms with Crippen molar-refractivity contribution in [2.24, 2.45) is 11.7 Å². The van der Waals surface area contributed by atoms with Gasteiger partial charge in [-0.15, -0.1) is 0 Å². The molecule has 100 valence electrons. The van der Waals surface area contributed by atoms with Crippen molar-refractivity contribution in [3.63, 3.8) is 0 Å². The summed E-state index contributed by atoms with van der Waals surface area (Å²) in [6.45, 7) is 3.48. The highest BCUT2D eigenvalue weighted by Gasteiger charge is 2.32. The van der Waals surface area contributed by atoms with E-state index >= 15 is 0 Å². The van der Waals surface area contributed by atoms with Gasteiger partial charge in [0.1, 0.15) is 0 Å². The molecule has 2 atom stereocenters. The summed E-state index contributed by atoms with van der Waals surface area (Å²) in [5, 5.41) is 7.88. The van der Waals surface area contributed by atoms with Gasteiger partial charge in [0.2, 0.25) is 0 Å². The SMILES string of the molecule is C[C@H]1C[C@H](CN)CN1C(=O)c1cccc2cn[nH]c12. The molecule has 0 spiro atoms. The van der Waals surface area contributed by atoms with Crippen molar-refractivity contribution < 1.29 is 4.79 Å². The number of aromatic amines is 1. The van der Waals surface area contributed by atoms with Gasteiger partial charge < -0.3 is 10.6 Å². The number of nitrogens with two attached hydrogens (primary N) is 1. The lowest BCUT2D eigenvalue weighted by Gasteiger charge is -2.21. The van der Waals surface area contributed by atoms with Crippen LogP contribution in [0.4, 0.5) is 0 Å². The van der Waals surface area contributed by atoms with Crippen LogP contribution in [0.25, 0.3) is 10.9 Å². The molecule has 2 aromatic rings. The normalized spacial score (nSPS) is 23.2. The number of carbonyl (C=O) groups is 1. The molecular weight excluding hydrogens is 240 g/mol. The maximum atomic E-state index is 12.7. The molecule has 1 aliphatic rings. The number of hydrogen-bond acceptors (Lipinski definition) is 3. The van der Waals surface area contributed by atoms with Gasteiger partial charge in [0.15, 0.2) is 0 Å². The Kier molecular flexibility index (Phi) is 2.98. The zero-order valence-electron chi connectivity index (χ0n) is 11.0. The van der Waals surface area contributed by atoms with Crippen molar-refractivity contribution in [2.45, 2.75) is 19.4 Å². The molecule has 1 fully saturated rings. The Labute approximate surface area is 111 Å². The third-order valence-electron chi connectivity index (χ3n) is 3.96. The summed E-state index contributed by atoms with van der Waals surface area (Å²) >= 11 is 0. The van der Waals surface area contributed by atoms with Crippen molar-refractivity contribution >= 4 is 16.8 Å². The van der Waals surface area contributed by atoms with E-state index in [0.29, 0.717) is 18.0 Å². The molecule has 1 aliphatic heterocycles. The van der Waals surface area contributed by atoms with Crippen LogP contribution in [0.3, 0.4) is 0 Å². The highest BCUT2D eigenvalue weighted by atomic mass is 16.2. The van der Waals surface area contributed by atoms with Crippen molar-refractivity contribution in [1.29, 1.82) is 0 Å². The first-order chi connectivity index (χ1) is 9.20. The molecule has 3 rings (SSSR count). The highest BCUT2D eigenvalue weighted by molar-refractivity contribution is 6.05. The average molecular weight is 258 g/mol. The number of benzene rings is 1. The minimum Gasteiger partial charge on any atom is -0.336 e. The first kappa shape index (κ1) is 12.2.